The van der Waals surface area contributed by atoms with E-state index in [1.54, 1.807) is 0 Å². The maximum Gasteiger partial charge on any atom is 0.232 e. The van der Waals surface area contributed by atoms with Crippen LogP contribution in [0.3, 0.4) is 0 Å². The number of carbonyl (C=O) groups is 1. The Kier molecular flexibility index (Phi) is 6.04. The molecule has 1 saturated heterocycles. The van der Waals surface area contributed by atoms with Crippen molar-refractivity contribution in [1.82, 2.24) is 4.90 Å². The molecule has 2 rings (SSSR count). The molecule has 128 valence electrons. The zero-order valence-corrected chi connectivity index (χ0v) is 14.8. The van der Waals surface area contributed by atoms with E-state index < -0.39 is 10.0 Å². The molecule has 5 nitrogen and oxygen atoms in total. The van der Waals surface area contributed by atoms with Crippen LogP contribution in [0.2, 0.25) is 0 Å². The highest BCUT2D eigenvalue weighted by Crippen LogP contribution is 2.20. The van der Waals surface area contributed by atoms with Gasteiger partial charge in [0.2, 0.25) is 15.9 Å². The molecule has 0 atom stereocenters. The second kappa shape index (κ2) is 7.81. The van der Waals surface area contributed by atoms with Crippen molar-refractivity contribution in [3.8, 4) is 0 Å². The van der Waals surface area contributed by atoms with Crippen LogP contribution in [0.25, 0.3) is 0 Å². The van der Waals surface area contributed by atoms with Crippen LogP contribution in [0, 0.1) is 0 Å². The van der Waals surface area contributed by atoms with E-state index in [2.05, 4.69) is 6.92 Å². The van der Waals surface area contributed by atoms with E-state index in [-0.39, 0.29) is 5.91 Å². The summed E-state index contributed by atoms with van der Waals surface area (Å²) in [4.78, 5) is 13.9. The monoisotopic (exact) mass is 338 g/mol. The van der Waals surface area contributed by atoms with Crippen LogP contribution in [0.1, 0.15) is 38.2 Å². The van der Waals surface area contributed by atoms with E-state index >= 15 is 0 Å². The first-order valence-electron chi connectivity index (χ1n) is 8.26. The van der Waals surface area contributed by atoms with Gasteiger partial charge in [0.1, 0.15) is 0 Å². The molecule has 0 unspecified atom stereocenters. The number of benzene rings is 1. The molecule has 0 bridgehead atoms. The van der Waals surface area contributed by atoms with E-state index in [0.717, 1.165) is 32.4 Å². The van der Waals surface area contributed by atoms with Crippen molar-refractivity contribution in [3.05, 3.63) is 29.8 Å². The predicted octanol–water partition coefficient (Wildman–Crippen LogP) is 2.42. The van der Waals surface area contributed by atoms with E-state index in [0.29, 0.717) is 25.1 Å². The third-order valence-electron chi connectivity index (χ3n) is 4.24. The molecule has 6 heteroatoms. The average molecular weight is 338 g/mol. The SMILES string of the molecule is CCc1ccc(N(CCCC(=O)N2CCCC2)S(C)(=O)=O)cc1. The van der Waals surface area contributed by atoms with Gasteiger partial charge < -0.3 is 4.90 Å². The van der Waals surface area contributed by atoms with E-state index in [4.69, 9.17) is 0 Å². The molecular weight excluding hydrogens is 312 g/mol. The van der Waals surface area contributed by atoms with Crippen LogP contribution in [0.15, 0.2) is 24.3 Å². The van der Waals surface area contributed by atoms with Crippen LogP contribution in [0.4, 0.5) is 5.69 Å². The van der Waals surface area contributed by atoms with Gasteiger partial charge in [0.05, 0.1) is 11.9 Å². The fraction of sp³-hybridized carbons (Fsp3) is 0.588. The molecule has 1 aliphatic rings. The quantitative estimate of drug-likeness (QED) is 0.767. The Morgan fingerprint density at radius 2 is 1.78 bits per heavy atom. The summed E-state index contributed by atoms with van der Waals surface area (Å²) in [5.41, 5.74) is 1.84. The van der Waals surface area contributed by atoms with Crippen LogP contribution < -0.4 is 4.31 Å². The van der Waals surface area contributed by atoms with Gasteiger partial charge in [0.25, 0.3) is 0 Å². The number of sulfonamides is 1. The first-order valence-corrected chi connectivity index (χ1v) is 10.1. The Morgan fingerprint density at radius 1 is 1.17 bits per heavy atom. The van der Waals surface area contributed by atoms with Crippen molar-refractivity contribution in [2.24, 2.45) is 0 Å². The number of nitrogens with zero attached hydrogens (tertiary/aromatic N) is 2. The normalized spacial score (nSPS) is 15.0. The fourth-order valence-corrected chi connectivity index (χ4v) is 3.85. The second-order valence-electron chi connectivity index (χ2n) is 6.05. The molecule has 1 heterocycles. The van der Waals surface area contributed by atoms with Crippen molar-refractivity contribution < 1.29 is 13.2 Å². The molecule has 1 aliphatic heterocycles. The first-order chi connectivity index (χ1) is 10.9. The summed E-state index contributed by atoms with van der Waals surface area (Å²) >= 11 is 0. The number of amides is 1. The number of hydrogen-bond donors (Lipinski definition) is 0. The van der Waals surface area contributed by atoms with E-state index in [1.807, 2.05) is 29.2 Å². The number of carbonyl (C=O) groups excluding carboxylic acids is 1. The van der Waals surface area contributed by atoms with Crippen molar-refractivity contribution in [2.75, 3.05) is 30.2 Å². The highest BCUT2D eigenvalue weighted by molar-refractivity contribution is 7.92. The summed E-state index contributed by atoms with van der Waals surface area (Å²) < 4.78 is 25.5. The lowest BCUT2D eigenvalue weighted by Gasteiger charge is -2.23. The van der Waals surface area contributed by atoms with Crippen LogP contribution >= 0.6 is 0 Å². The van der Waals surface area contributed by atoms with Crippen molar-refractivity contribution in [1.29, 1.82) is 0 Å². The lowest BCUT2D eigenvalue weighted by atomic mass is 10.1. The number of anilines is 1. The second-order valence-corrected chi connectivity index (χ2v) is 7.95. The Labute approximate surface area is 139 Å². The Bertz CT molecular complexity index is 620. The summed E-state index contributed by atoms with van der Waals surface area (Å²) in [5, 5.41) is 0. The molecule has 0 spiro atoms. The molecule has 0 aromatic heterocycles. The van der Waals surface area contributed by atoms with Crippen LogP contribution in [0.5, 0.6) is 0 Å². The largest absolute Gasteiger partial charge is 0.343 e. The number of hydrogen-bond acceptors (Lipinski definition) is 3. The standard InChI is InChI=1S/C17H26N2O3S/c1-3-15-8-10-16(11-9-15)19(23(2,21)22)14-6-7-17(20)18-12-4-5-13-18/h8-11H,3-7,12-14H2,1-2H3. The minimum Gasteiger partial charge on any atom is -0.343 e. The van der Waals surface area contributed by atoms with Gasteiger partial charge in [-0.05, 0) is 43.4 Å². The molecule has 0 aliphatic carbocycles. The van der Waals surface area contributed by atoms with Gasteiger partial charge in [0.15, 0.2) is 0 Å². The predicted molar refractivity (Wildman–Crippen MR) is 93.1 cm³/mol. The lowest BCUT2D eigenvalue weighted by molar-refractivity contribution is -0.130. The minimum absolute atomic E-state index is 0.136. The molecule has 1 aromatic rings. The zero-order chi connectivity index (χ0) is 16.9. The Morgan fingerprint density at radius 3 is 2.30 bits per heavy atom. The Balaban J connectivity index is 1.97. The topological polar surface area (TPSA) is 57.7 Å². The van der Waals surface area contributed by atoms with Crippen LogP contribution in [-0.4, -0.2) is 45.1 Å². The molecule has 0 saturated carbocycles. The molecule has 0 radical (unpaired) electrons. The minimum atomic E-state index is -3.35. The van der Waals surface area contributed by atoms with Gasteiger partial charge in [-0.1, -0.05) is 19.1 Å². The van der Waals surface area contributed by atoms with Gasteiger partial charge in [0, 0.05) is 26.1 Å². The third-order valence-corrected chi connectivity index (χ3v) is 5.44. The summed E-state index contributed by atoms with van der Waals surface area (Å²) in [7, 11) is -3.35. The fourth-order valence-electron chi connectivity index (χ4n) is 2.88. The molecule has 23 heavy (non-hydrogen) atoms. The summed E-state index contributed by atoms with van der Waals surface area (Å²) in [5.74, 6) is 0.136. The van der Waals surface area contributed by atoms with Crippen molar-refractivity contribution in [2.45, 2.75) is 39.0 Å². The van der Waals surface area contributed by atoms with E-state index in [1.165, 1.54) is 16.1 Å². The maximum absolute atomic E-state index is 12.1. The first kappa shape index (κ1) is 17.8. The maximum atomic E-state index is 12.1. The van der Waals surface area contributed by atoms with E-state index in [9.17, 15) is 13.2 Å². The van der Waals surface area contributed by atoms with Gasteiger partial charge in [-0.25, -0.2) is 8.42 Å². The molecule has 1 amide bonds. The summed E-state index contributed by atoms with van der Waals surface area (Å²) in [6, 6.07) is 7.57. The van der Waals surface area contributed by atoms with Gasteiger partial charge in [-0.2, -0.15) is 0 Å². The molecular formula is C17H26N2O3S. The van der Waals surface area contributed by atoms with Gasteiger partial charge in [-0.15, -0.1) is 0 Å². The number of aryl methyl sites for hydroxylation is 1. The number of likely N-dealkylation sites (tertiary alicyclic amines) is 1. The lowest BCUT2D eigenvalue weighted by Crippen LogP contribution is -2.32. The van der Waals surface area contributed by atoms with Crippen molar-refractivity contribution in [3.63, 3.8) is 0 Å². The molecule has 0 N–H and O–H groups in total. The summed E-state index contributed by atoms with van der Waals surface area (Å²) in [6.07, 6.45) is 5.22. The molecule has 1 fully saturated rings. The van der Waals surface area contributed by atoms with Gasteiger partial charge in [-0.3, -0.25) is 9.10 Å². The van der Waals surface area contributed by atoms with Crippen molar-refractivity contribution >= 4 is 21.6 Å². The number of rotatable bonds is 7. The Hall–Kier alpha value is -1.56. The van der Waals surface area contributed by atoms with Gasteiger partial charge >= 0.3 is 0 Å². The van der Waals surface area contributed by atoms with Crippen LogP contribution in [-0.2, 0) is 21.2 Å². The smallest absolute Gasteiger partial charge is 0.232 e. The summed E-state index contributed by atoms with van der Waals surface area (Å²) in [6.45, 7) is 4.08. The highest BCUT2D eigenvalue weighted by Gasteiger charge is 2.20. The third kappa shape index (κ3) is 4.96. The average Bonchev–Trinajstić information content (AvgIpc) is 3.05. The highest BCUT2D eigenvalue weighted by atomic mass is 32.2. The molecule has 1 aromatic carbocycles. The zero-order valence-electron chi connectivity index (χ0n) is 14.0.